The van der Waals surface area contributed by atoms with Gasteiger partial charge in [-0.3, -0.25) is 9.59 Å². The van der Waals surface area contributed by atoms with Gasteiger partial charge in [0, 0.05) is 25.9 Å². The second-order valence-electron chi connectivity index (χ2n) is 12.0. The van der Waals surface area contributed by atoms with E-state index < -0.39 is 0 Å². The number of ether oxygens (including phenoxy) is 1. The van der Waals surface area contributed by atoms with Crippen molar-refractivity contribution in [2.75, 3.05) is 19.7 Å². The first kappa shape index (κ1) is 37.9. The van der Waals surface area contributed by atoms with Crippen molar-refractivity contribution in [3.8, 4) is 0 Å². The molecule has 0 aromatic heterocycles. The largest absolute Gasteiger partial charge is 0.465 e. The number of carbonyl (C=O) groups is 2. The Hall–Kier alpha value is -1.06. The van der Waals surface area contributed by atoms with Crippen LogP contribution in [-0.2, 0) is 14.3 Å². The number of hydrogen-bond acceptors (Lipinski definition) is 3. The van der Waals surface area contributed by atoms with E-state index in [1.165, 1.54) is 109 Å². The Morgan fingerprint density at radius 3 is 1.49 bits per heavy atom. The summed E-state index contributed by atoms with van der Waals surface area (Å²) < 4.78 is 5.76. The fourth-order valence-electron chi connectivity index (χ4n) is 5.37. The maximum Gasteiger partial charge on any atom is 0.305 e. The number of esters is 1. The van der Waals surface area contributed by atoms with E-state index in [1.807, 2.05) is 0 Å². The Kier molecular flexibility index (Phi) is 29.1. The summed E-state index contributed by atoms with van der Waals surface area (Å²) in [7, 11) is 0. The van der Waals surface area contributed by atoms with Crippen molar-refractivity contribution in [1.82, 2.24) is 4.90 Å². The molecule has 4 nitrogen and oxygen atoms in total. The van der Waals surface area contributed by atoms with E-state index in [4.69, 9.17) is 4.74 Å². The summed E-state index contributed by atoms with van der Waals surface area (Å²) in [4.78, 5) is 27.4. The van der Waals surface area contributed by atoms with E-state index in [9.17, 15) is 9.59 Å². The third-order valence-electron chi connectivity index (χ3n) is 8.10. The Labute approximate surface area is 244 Å². The van der Waals surface area contributed by atoms with Crippen LogP contribution in [0.5, 0.6) is 0 Å². The first-order valence-corrected chi connectivity index (χ1v) is 17.5. The Bertz CT molecular complexity index is 536. The normalized spacial score (nSPS) is 12.0. The van der Waals surface area contributed by atoms with Gasteiger partial charge in [0.1, 0.15) is 0 Å². The lowest BCUT2D eigenvalue weighted by Gasteiger charge is -2.23. The highest BCUT2D eigenvalue weighted by Gasteiger charge is 2.14. The number of hydrogen-bond donors (Lipinski definition) is 0. The summed E-state index contributed by atoms with van der Waals surface area (Å²) in [5.41, 5.74) is 0. The molecule has 0 aliphatic carbocycles. The second-order valence-corrected chi connectivity index (χ2v) is 12.0. The van der Waals surface area contributed by atoms with Crippen LogP contribution in [-0.4, -0.2) is 36.5 Å². The van der Waals surface area contributed by atoms with Crippen LogP contribution in [0.4, 0.5) is 0 Å². The van der Waals surface area contributed by atoms with Gasteiger partial charge in [-0.15, -0.1) is 0 Å². The van der Waals surface area contributed by atoms with Gasteiger partial charge in [0.2, 0.25) is 5.91 Å². The maximum atomic E-state index is 12.8. The molecule has 0 radical (unpaired) electrons. The fourth-order valence-corrected chi connectivity index (χ4v) is 5.37. The zero-order chi connectivity index (χ0) is 28.8. The molecule has 232 valence electrons. The molecule has 1 unspecified atom stereocenters. The van der Waals surface area contributed by atoms with E-state index in [-0.39, 0.29) is 5.97 Å². The Balaban J connectivity index is 4.30. The summed E-state index contributed by atoms with van der Waals surface area (Å²) in [6.07, 6.45) is 28.9. The standard InChI is InChI=1S/C35H69NO3/c1-5-9-13-17-18-21-27-33(26-20-14-10-6-2)32-39-35(38)29-23-19-25-31-36(30-24-16-12-8-4)34(37)28-22-15-11-7-3/h33H,5-32H2,1-4H3. The lowest BCUT2D eigenvalue weighted by molar-refractivity contribution is -0.145. The van der Waals surface area contributed by atoms with E-state index in [0.717, 1.165) is 51.6 Å². The van der Waals surface area contributed by atoms with E-state index in [1.54, 1.807) is 0 Å². The van der Waals surface area contributed by atoms with Gasteiger partial charge < -0.3 is 9.64 Å². The SMILES string of the molecule is CCCCCCCCC(CCCCCC)COC(=O)CCCCCN(CCCCCC)C(=O)CCCCCC. The smallest absolute Gasteiger partial charge is 0.305 e. The minimum atomic E-state index is -0.0278. The molecule has 0 spiro atoms. The summed E-state index contributed by atoms with van der Waals surface area (Å²) in [5, 5.41) is 0. The number of unbranched alkanes of at least 4 members (excludes halogenated alkanes) is 16. The lowest BCUT2D eigenvalue weighted by atomic mass is 9.95. The molecule has 0 rings (SSSR count). The zero-order valence-electron chi connectivity index (χ0n) is 27.0. The van der Waals surface area contributed by atoms with E-state index >= 15 is 0 Å². The van der Waals surface area contributed by atoms with Gasteiger partial charge in [0.15, 0.2) is 0 Å². The molecule has 0 bridgehead atoms. The van der Waals surface area contributed by atoms with Crippen molar-refractivity contribution in [2.24, 2.45) is 5.92 Å². The molecule has 0 N–H and O–H groups in total. The van der Waals surface area contributed by atoms with Gasteiger partial charge >= 0.3 is 5.97 Å². The summed E-state index contributed by atoms with van der Waals surface area (Å²) in [6.45, 7) is 11.3. The highest BCUT2D eigenvalue weighted by Crippen LogP contribution is 2.20. The lowest BCUT2D eigenvalue weighted by Crippen LogP contribution is -2.32. The molecule has 0 aromatic carbocycles. The van der Waals surface area contributed by atoms with Gasteiger partial charge in [-0.05, 0) is 44.4 Å². The third-order valence-corrected chi connectivity index (χ3v) is 8.10. The predicted octanol–water partition coefficient (Wildman–Crippen LogP) is 10.8. The average molecular weight is 552 g/mol. The fraction of sp³-hybridized carbons (Fsp3) is 0.943. The van der Waals surface area contributed by atoms with Crippen LogP contribution in [0, 0.1) is 5.92 Å². The van der Waals surface area contributed by atoms with Crippen molar-refractivity contribution < 1.29 is 14.3 Å². The van der Waals surface area contributed by atoms with Gasteiger partial charge in [-0.1, -0.05) is 137 Å². The van der Waals surface area contributed by atoms with E-state index in [2.05, 4.69) is 32.6 Å². The molecular formula is C35H69NO3. The van der Waals surface area contributed by atoms with Gasteiger partial charge in [-0.2, -0.15) is 0 Å². The highest BCUT2D eigenvalue weighted by atomic mass is 16.5. The van der Waals surface area contributed by atoms with Crippen molar-refractivity contribution in [2.45, 2.75) is 188 Å². The number of nitrogens with zero attached hydrogens (tertiary/aromatic N) is 1. The highest BCUT2D eigenvalue weighted by molar-refractivity contribution is 5.76. The van der Waals surface area contributed by atoms with Crippen LogP contribution in [0.25, 0.3) is 0 Å². The van der Waals surface area contributed by atoms with Crippen molar-refractivity contribution >= 4 is 11.9 Å². The molecule has 4 heteroatoms. The summed E-state index contributed by atoms with van der Waals surface area (Å²) in [5.74, 6) is 0.832. The van der Waals surface area contributed by atoms with Gasteiger partial charge in [0.05, 0.1) is 6.61 Å². The van der Waals surface area contributed by atoms with Crippen molar-refractivity contribution in [3.05, 3.63) is 0 Å². The molecule has 0 aromatic rings. The number of rotatable bonds is 30. The molecule has 0 fully saturated rings. The van der Waals surface area contributed by atoms with E-state index in [0.29, 0.717) is 31.3 Å². The Morgan fingerprint density at radius 2 is 0.923 bits per heavy atom. The third kappa shape index (κ3) is 25.6. The topological polar surface area (TPSA) is 46.6 Å². The number of carbonyl (C=O) groups excluding carboxylic acids is 2. The minimum absolute atomic E-state index is 0.0278. The average Bonchev–Trinajstić information content (AvgIpc) is 2.94. The molecule has 1 amide bonds. The first-order chi connectivity index (χ1) is 19.1. The molecule has 1 atom stereocenters. The van der Waals surface area contributed by atoms with Crippen LogP contribution in [0.2, 0.25) is 0 Å². The van der Waals surface area contributed by atoms with Gasteiger partial charge in [-0.25, -0.2) is 0 Å². The molecule has 39 heavy (non-hydrogen) atoms. The Morgan fingerprint density at radius 1 is 0.513 bits per heavy atom. The van der Waals surface area contributed by atoms with Crippen LogP contribution < -0.4 is 0 Å². The van der Waals surface area contributed by atoms with Crippen LogP contribution in [0.1, 0.15) is 188 Å². The zero-order valence-corrected chi connectivity index (χ0v) is 27.0. The molecule has 0 aliphatic rings. The van der Waals surface area contributed by atoms with Crippen LogP contribution in [0.3, 0.4) is 0 Å². The monoisotopic (exact) mass is 552 g/mol. The summed E-state index contributed by atoms with van der Waals surface area (Å²) in [6, 6.07) is 0. The van der Waals surface area contributed by atoms with Crippen molar-refractivity contribution in [3.63, 3.8) is 0 Å². The van der Waals surface area contributed by atoms with Crippen molar-refractivity contribution in [1.29, 1.82) is 0 Å². The molecular weight excluding hydrogens is 482 g/mol. The van der Waals surface area contributed by atoms with Crippen LogP contribution in [0.15, 0.2) is 0 Å². The number of amides is 1. The second kappa shape index (κ2) is 29.9. The van der Waals surface area contributed by atoms with Crippen LogP contribution >= 0.6 is 0 Å². The van der Waals surface area contributed by atoms with Gasteiger partial charge in [0.25, 0.3) is 0 Å². The quantitative estimate of drug-likeness (QED) is 0.0658. The molecule has 0 saturated heterocycles. The molecule has 0 saturated carbocycles. The predicted molar refractivity (Wildman–Crippen MR) is 169 cm³/mol. The first-order valence-electron chi connectivity index (χ1n) is 17.5. The minimum Gasteiger partial charge on any atom is -0.465 e. The molecule has 0 heterocycles. The summed E-state index contributed by atoms with van der Waals surface area (Å²) >= 11 is 0. The maximum absolute atomic E-state index is 12.8. The molecule has 0 aliphatic heterocycles.